The number of fused-ring (bicyclic) bond motifs is 4. The van der Waals surface area contributed by atoms with E-state index < -0.39 is 55.8 Å². The first-order valence-corrected chi connectivity index (χ1v) is 6.85. The van der Waals surface area contributed by atoms with Gasteiger partial charge in [-0.15, -0.1) is 0 Å². The number of rotatable bonds is 1. The zero-order chi connectivity index (χ0) is 17.5. The van der Waals surface area contributed by atoms with Crippen LogP contribution < -0.4 is 0 Å². The van der Waals surface area contributed by atoms with Gasteiger partial charge in [0.15, 0.2) is 23.0 Å². The van der Waals surface area contributed by atoms with E-state index in [0.717, 1.165) is 0 Å². The van der Waals surface area contributed by atoms with Gasteiger partial charge in [0, 0.05) is 0 Å². The molecular weight excluding hydrogens is 304 g/mol. The van der Waals surface area contributed by atoms with E-state index in [4.69, 9.17) is 0 Å². The second-order valence-corrected chi connectivity index (χ2v) is 6.73. The number of aromatic nitrogens is 1. The number of carbonyl (C=O) groups excluding carboxylic acids is 4. The summed E-state index contributed by atoms with van der Waals surface area (Å²) in [5, 5.41) is 11.4. The number of hydrogen-bond donors (Lipinski definition) is 0. The van der Waals surface area contributed by atoms with Gasteiger partial charge < -0.3 is 0 Å². The van der Waals surface area contributed by atoms with Gasteiger partial charge in [0.2, 0.25) is 5.78 Å². The number of carbonyl (C=O) groups is 4. The molecule has 2 aliphatic rings. The van der Waals surface area contributed by atoms with E-state index in [0.29, 0.717) is 0 Å². The van der Waals surface area contributed by atoms with Crippen LogP contribution in [0.2, 0.25) is 0 Å². The molecule has 23 heavy (non-hydrogen) atoms. The second-order valence-electron chi connectivity index (χ2n) is 6.73. The molecule has 3 rings (SSSR count). The Hall–Kier alpha value is -2.77. The molecule has 1 aromatic rings. The van der Waals surface area contributed by atoms with Gasteiger partial charge in [-0.1, -0.05) is 0 Å². The lowest BCUT2D eigenvalue weighted by Gasteiger charge is -2.26. The van der Waals surface area contributed by atoms with Crippen molar-refractivity contribution in [2.45, 2.75) is 27.7 Å². The fraction of sp³-hybridized carbons (Fsp3) is 0.400. The Balaban J connectivity index is 2.54. The highest BCUT2D eigenvalue weighted by Crippen LogP contribution is 2.47. The summed E-state index contributed by atoms with van der Waals surface area (Å²) in [4.78, 5) is 64.3. The molecule has 0 radical (unpaired) electrons. The molecule has 0 N–H and O–H groups in total. The first-order chi connectivity index (χ1) is 10.4. The Labute approximate surface area is 130 Å². The van der Waals surface area contributed by atoms with Gasteiger partial charge in [-0.05, 0) is 27.7 Å². The Bertz CT molecular complexity index is 878. The Morgan fingerprint density at radius 2 is 1.22 bits per heavy atom. The normalized spacial score (nSPS) is 20.7. The van der Waals surface area contributed by atoms with Crippen LogP contribution >= 0.6 is 0 Å². The minimum absolute atomic E-state index is 0.325. The molecule has 0 fully saturated rings. The van der Waals surface area contributed by atoms with Crippen molar-refractivity contribution in [1.82, 2.24) is 4.98 Å². The van der Waals surface area contributed by atoms with Gasteiger partial charge in [0.05, 0.1) is 21.3 Å². The number of nitrogens with zero attached hydrogens (tertiary/aromatic N) is 2. The van der Waals surface area contributed by atoms with Crippen LogP contribution in [0, 0.1) is 20.9 Å². The van der Waals surface area contributed by atoms with Gasteiger partial charge in [0.1, 0.15) is 11.3 Å². The van der Waals surface area contributed by atoms with Crippen molar-refractivity contribution in [2.75, 3.05) is 0 Å². The van der Waals surface area contributed by atoms with Gasteiger partial charge in [-0.25, -0.2) is 4.98 Å². The summed E-state index contributed by atoms with van der Waals surface area (Å²) in [5.41, 5.74) is -5.54. The fourth-order valence-electron chi connectivity index (χ4n) is 2.94. The van der Waals surface area contributed by atoms with Crippen molar-refractivity contribution in [1.29, 1.82) is 0 Å². The first-order valence-electron chi connectivity index (χ1n) is 6.85. The van der Waals surface area contributed by atoms with Crippen molar-refractivity contribution in [2.24, 2.45) is 10.8 Å². The first kappa shape index (κ1) is 15.1. The Morgan fingerprint density at radius 1 is 0.783 bits per heavy atom. The molecule has 0 aromatic carbocycles. The molecule has 1 aromatic heterocycles. The van der Waals surface area contributed by atoms with Crippen LogP contribution in [-0.4, -0.2) is 33.0 Å². The summed E-state index contributed by atoms with van der Waals surface area (Å²) in [5.74, 6) is -2.99. The average molecular weight is 316 g/mol. The largest absolute Gasteiger partial charge is 0.310 e. The third-order valence-corrected chi connectivity index (χ3v) is 4.51. The molecule has 1 aliphatic carbocycles. The maximum absolute atomic E-state index is 12.5. The molecular formula is C15H12N2O6. The lowest BCUT2D eigenvalue weighted by atomic mass is 9.75. The summed E-state index contributed by atoms with van der Waals surface area (Å²) >= 11 is 0. The summed E-state index contributed by atoms with van der Waals surface area (Å²) < 4.78 is 0. The van der Waals surface area contributed by atoms with Crippen LogP contribution in [0.25, 0.3) is 0 Å². The molecule has 2 bridgehead atoms. The highest BCUT2D eigenvalue weighted by atomic mass is 16.6. The SMILES string of the molecule is CC1(C)C(=O)c2nc(c([N+](=O)[O-])c3c2C(=O)C(C)(C)C3=O)C1=O. The molecule has 118 valence electrons. The average Bonchev–Trinajstić information content (AvgIpc) is 2.64. The third kappa shape index (κ3) is 1.52. The number of Topliss-reactive ketones (excluding diaryl/α,β-unsaturated/α-hetero) is 4. The lowest BCUT2D eigenvalue weighted by Crippen LogP contribution is -2.41. The fourth-order valence-corrected chi connectivity index (χ4v) is 2.94. The second kappa shape index (κ2) is 3.95. The minimum atomic E-state index is -1.57. The van der Waals surface area contributed by atoms with Crippen LogP contribution in [0.5, 0.6) is 0 Å². The van der Waals surface area contributed by atoms with Crippen LogP contribution in [0.1, 0.15) is 69.4 Å². The van der Waals surface area contributed by atoms with Gasteiger partial charge in [-0.2, -0.15) is 0 Å². The van der Waals surface area contributed by atoms with Crippen molar-refractivity contribution in [3.05, 3.63) is 32.6 Å². The molecule has 8 nitrogen and oxygen atoms in total. The molecule has 0 unspecified atom stereocenters. The number of pyridine rings is 1. The van der Waals surface area contributed by atoms with Crippen molar-refractivity contribution in [3.8, 4) is 0 Å². The molecule has 0 saturated carbocycles. The Morgan fingerprint density at radius 3 is 1.74 bits per heavy atom. The zero-order valence-corrected chi connectivity index (χ0v) is 12.8. The van der Waals surface area contributed by atoms with Gasteiger partial charge in [0.25, 0.3) is 0 Å². The van der Waals surface area contributed by atoms with E-state index in [2.05, 4.69) is 4.98 Å². The molecule has 0 amide bonds. The van der Waals surface area contributed by atoms with Crippen LogP contribution in [0.3, 0.4) is 0 Å². The van der Waals surface area contributed by atoms with E-state index in [-0.39, 0.29) is 11.3 Å². The highest BCUT2D eigenvalue weighted by Gasteiger charge is 2.57. The van der Waals surface area contributed by atoms with E-state index in [1.54, 1.807) is 0 Å². The van der Waals surface area contributed by atoms with Gasteiger partial charge >= 0.3 is 5.69 Å². The summed E-state index contributed by atoms with van der Waals surface area (Å²) in [6, 6.07) is 0. The molecule has 1 aliphatic heterocycles. The van der Waals surface area contributed by atoms with Crippen molar-refractivity contribution < 1.29 is 24.1 Å². The predicted octanol–water partition coefficient (Wildman–Crippen LogP) is 1.80. The number of nitro groups is 1. The van der Waals surface area contributed by atoms with E-state index >= 15 is 0 Å². The molecule has 8 heteroatoms. The van der Waals surface area contributed by atoms with Crippen molar-refractivity contribution >= 4 is 28.8 Å². The lowest BCUT2D eigenvalue weighted by molar-refractivity contribution is -0.385. The molecule has 0 spiro atoms. The minimum Gasteiger partial charge on any atom is -0.293 e. The third-order valence-electron chi connectivity index (χ3n) is 4.51. The molecule has 2 heterocycles. The quantitative estimate of drug-likeness (QED) is 0.439. The summed E-state index contributed by atoms with van der Waals surface area (Å²) in [6.07, 6.45) is 0. The van der Waals surface area contributed by atoms with Crippen LogP contribution in [0.15, 0.2) is 0 Å². The van der Waals surface area contributed by atoms with Gasteiger partial charge in [-0.3, -0.25) is 29.3 Å². The molecule has 0 saturated heterocycles. The maximum atomic E-state index is 12.5. The predicted molar refractivity (Wildman–Crippen MR) is 75.8 cm³/mol. The Kier molecular flexibility index (Phi) is 2.60. The smallest absolute Gasteiger partial charge is 0.293 e. The summed E-state index contributed by atoms with van der Waals surface area (Å²) in [6.45, 7) is 5.31. The standard InChI is InChI=1S/C15H12N2O6/c1-14(2)10(18)5-6(11(14)19)9(17(22)23)8-13(21)15(3,4)12(20)7(5)16-8/h1-4H3. The number of hydrogen-bond acceptors (Lipinski definition) is 7. The maximum Gasteiger partial charge on any atom is 0.310 e. The van der Waals surface area contributed by atoms with E-state index in [1.807, 2.05) is 0 Å². The van der Waals surface area contributed by atoms with E-state index in [1.165, 1.54) is 27.7 Å². The van der Waals surface area contributed by atoms with E-state index in [9.17, 15) is 29.3 Å². The highest BCUT2D eigenvalue weighted by molar-refractivity contribution is 6.36. The van der Waals surface area contributed by atoms with Crippen molar-refractivity contribution in [3.63, 3.8) is 0 Å². The monoisotopic (exact) mass is 316 g/mol. The van der Waals surface area contributed by atoms with Crippen LogP contribution in [0.4, 0.5) is 5.69 Å². The topological polar surface area (TPSA) is 124 Å². The summed E-state index contributed by atoms with van der Waals surface area (Å²) in [7, 11) is 0. The zero-order valence-electron chi connectivity index (χ0n) is 12.8. The number of ketones is 4. The van der Waals surface area contributed by atoms with Crippen LogP contribution in [-0.2, 0) is 0 Å². The molecule has 0 atom stereocenters.